The van der Waals surface area contributed by atoms with Crippen molar-refractivity contribution < 1.29 is 4.79 Å². The lowest BCUT2D eigenvalue weighted by Crippen LogP contribution is -2.25. The summed E-state index contributed by atoms with van der Waals surface area (Å²) in [7, 11) is 0. The molecule has 0 heterocycles. The molecule has 0 bridgehead atoms. The van der Waals surface area contributed by atoms with Crippen molar-refractivity contribution in [2.75, 3.05) is 16.3 Å². The van der Waals surface area contributed by atoms with Crippen LogP contribution in [-0.2, 0) is 4.79 Å². The molecule has 0 fully saturated rings. The van der Waals surface area contributed by atoms with Gasteiger partial charge < -0.3 is 5.32 Å². The van der Waals surface area contributed by atoms with Crippen LogP contribution in [0.5, 0.6) is 0 Å². The normalized spacial score (nSPS) is 9.87. The van der Waals surface area contributed by atoms with Gasteiger partial charge in [0, 0.05) is 11.0 Å². The maximum absolute atomic E-state index is 10.6. The zero-order valence-electron chi connectivity index (χ0n) is 10.1. The lowest BCUT2D eigenvalue weighted by molar-refractivity contribution is -0.118. The Kier molecular flexibility index (Phi) is 15.3. The number of hydrogen-bond acceptors (Lipinski definition) is 1. The molecule has 0 aromatic heterocycles. The molecule has 2 nitrogen and oxygen atoms in total. The Hall–Kier alpha value is 0.680. The molecule has 0 rings (SSSR count). The van der Waals surface area contributed by atoms with Gasteiger partial charge in [-0.25, -0.2) is 0 Å². The molecule has 1 amide bonds. The fourth-order valence-corrected chi connectivity index (χ4v) is 0.746. The first-order chi connectivity index (χ1) is 6.93. The van der Waals surface area contributed by atoms with Crippen LogP contribution in [0.1, 0.15) is 34.1 Å². The summed E-state index contributed by atoms with van der Waals surface area (Å²) in [5.41, 5.74) is 0. The third-order valence-corrected chi connectivity index (χ3v) is 3.74. The van der Waals surface area contributed by atoms with Crippen molar-refractivity contribution in [3.8, 4) is 0 Å². The van der Waals surface area contributed by atoms with Gasteiger partial charge in [0.25, 0.3) is 0 Å². The molecule has 0 aliphatic carbocycles. The smallest absolute Gasteiger partial charge is 0.230 e. The molecule has 0 saturated carbocycles. The van der Waals surface area contributed by atoms with E-state index in [9.17, 15) is 4.79 Å². The van der Waals surface area contributed by atoms with Gasteiger partial charge >= 0.3 is 0 Å². The number of amides is 1. The Morgan fingerprint density at radius 1 is 1.27 bits per heavy atom. The van der Waals surface area contributed by atoms with Crippen molar-refractivity contribution in [2.24, 2.45) is 11.8 Å². The minimum Gasteiger partial charge on any atom is -0.355 e. The first-order valence-corrected chi connectivity index (χ1v) is 7.97. The third kappa shape index (κ3) is 20.7. The molecule has 0 atom stereocenters. The second kappa shape index (κ2) is 12.7. The maximum atomic E-state index is 10.6. The van der Waals surface area contributed by atoms with Gasteiger partial charge in [0.2, 0.25) is 5.91 Å². The number of carbonyl (C=O) groups is 1. The molecule has 0 aromatic carbocycles. The van der Waals surface area contributed by atoms with E-state index in [2.05, 4.69) is 71.5 Å². The average molecular weight is 392 g/mol. The predicted octanol–water partition coefficient (Wildman–Crippen LogP) is 3.62. The number of nitrogens with one attached hydrogen (secondary N) is 1. The van der Waals surface area contributed by atoms with E-state index in [1.54, 1.807) is 0 Å². The zero-order chi connectivity index (χ0) is 12.3. The fourth-order valence-electron chi connectivity index (χ4n) is 0.548. The van der Waals surface area contributed by atoms with E-state index < -0.39 is 0 Å². The number of halogens is 2. The molecule has 4 heteroatoms. The Bertz CT molecular complexity index is 152. The largest absolute Gasteiger partial charge is 0.355 e. The molecule has 0 saturated heterocycles. The first kappa shape index (κ1) is 18.1. The Labute approximate surface area is 116 Å². The molecule has 0 aromatic rings. The summed E-state index contributed by atoms with van der Waals surface area (Å²) in [4.78, 5) is 10.6. The summed E-state index contributed by atoms with van der Waals surface area (Å²) in [5, 5.41) is 3.19. The number of alkyl halides is 2. The number of carbonyl (C=O) groups excluding carboxylic acids is 1. The Morgan fingerprint density at radius 3 is 2.00 bits per heavy atom. The van der Waals surface area contributed by atoms with Crippen LogP contribution in [0.4, 0.5) is 0 Å². The predicted molar refractivity (Wildman–Crippen MR) is 80.0 cm³/mol. The third-order valence-electron chi connectivity index (χ3n) is 1.47. The van der Waals surface area contributed by atoms with E-state index in [0.717, 1.165) is 18.9 Å². The fraction of sp³-hybridized carbons (Fsp3) is 0.909. The molecule has 92 valence electrons. The summed E-state index contributed by atoms with van der Waals surface area (Å²) < 4.78 is 1.28. The second-order valence-electron chi connectivity index (χ2n) is 4.21. The van der Waals surface area contributed by atoms with E-state index in [1.165, 1.54) is 4.43 Å². The Balaban J connectivity index is 0. The van der Waals surface area contributed by atoms with Crippen molar-refractivity contribution in [2.45, 2.75) is 34.1 Å². The van der Waals surface area contributed by atoms with Gasteiger partial charge in [0.1, 0.15) is 0 Å². The quantitative estimate of drug-likeness (QED) is 0.562. The van der Waals surface area contributed by atoms with Crippen LogP contribution >= 0.6 is 38.5 Å². The van der Waals surface area contributed by atoms with Gasteiger partial charge in [-0.2, -0.15) is 0 Å². The summed E-state index contributed by atoms with van der Waals surface area (Å²) in [5.74, 6) is 1.60. The molecule has 0 aliphatic rings. The summed E-state index contributed by atoms with van der Waals surface area (Å²) >= 11 is 5.45. The van der Waals surface area contributed by atoms with E-state index in [-0.39, 0.29) is 5.91 Å². The van der Waals surface area contributed by atoms with E-state index in [1.807, 2.05) is 0 Å². The molecule has 0 radical (unpaired) electrons. The maximum Gasteiger partial charge on any atom is 0.230 e. The van der Waals surface area contributed by atoms with Crippen LogP contribution in [0.3, 0.4) is 0 Å². The molecule has 0 aliphatic heterocycles. The van der Waals surface area contributed by atoms with Crippen LogP contribution < -0.4 is 5.32 Å². The number of rotatable bonds is 5. The molecule has 1 N–H and O–H groups in total. The van der Waals surface area contributed by atoms with Crippen LogP contribution in [0.2, 0.25) is 0 Å². The van der Waals surface area contributed by atoms with Crippen molar-refractivity contribution >= 4 is 44.4 Å². The van der Waals surface area contributed by atoms with Crippen LogP contribution in [0.25, 0.3) is 0 Å². The summed E-state index contributed by atoms with van der Waals surface area (Å²) in [6.07, 6.45) is 1.05. The highest BCUT2D eigenvalue weighted by atomic mass is 127. The SMILES string of the molecule is CC(C)CCNC(=O)CBr.CC(C)CI. The van der Waals surface area contributed by atoms with Crippen LogP contribution in [-0.4, -0.2) is 22.2 Å². The Morgan fingerprint density at radius 2 is 1.73 bits per heavy atom. The molecule has 0 spiro atoms. The summed E-state index contributed by atoms with van der Waals surface area (Å²) in [6.45, 7) is 9.50. The van der Waals surface area contributed by atoms with Gasteiger partial charge in [-0.3, -0.25) is 4.79 Å². The van der Waals surface area contributed by atoms with Gasteiger partial charge in [0.15, 0.2) is 0 Å². The highest BCUT2D eigenvalue weighted by molar-refractivity contribution is 14.1. The minimum absolute atomic E-state index is 0.0700. The minimum atomic E-state index is 0.0700. The molecule has 15 heavy (non-hydrogen) atoms. The van der Waals surface area contributed by atoms with Crippen molar-refractivity contribution in [1.82, 2.24) is 5.32 Å². The first-order valence-electron chi connectivity index (χ1n) is 5.32. The molecular weight excluding hydrogens is 369 g/mol. The van der Waals surface area contributed by atoms with E-state index >= 15 is 0 Å². The highest BCUT2D eigenvalue weighted by Crippen LogP contribution is 1.96. The van der Waals surface area contributed by atoms with Crippen molar-refractivity contribution in [3.05, 3.63) is 0 Å². The monoisotopic (exact) mass is 391 g/mol. The topological polar surface area (TPSA) is 29.1 Å². The molecule has 0 unspecified atom stereocenters. The van der Waals surface area contributed by atoms with Crippen molar-refractivity contribution in [3.63, 3.8) is 0 Å². The highest BCUT2D eigenvalue weighted by Gasteiger charge is 1.97. The standard InChI is InChI=1S/C7H14BrNO.C4H9I/c1-6(2)3-4-9-7(10)5-8;1-4(2)3-5/h6H,3-5H2,1-2H3,(H,9,10);4H,3H2,1-2H3. The van der Waals surface area contributed by atoms with Crippen LogP contribution in [0, 0.1) is 11.8 Å². The average Bonchev–Trinajstić information content (AvgIpc) is 2.17. The van der Waals surface area contributed by atoms with Gasteiger partial charge in [-0.1, -0.05) is 66.2 Å². The summed E-state index contributed by atoms with van der Waals surface area (Å²) in [6, 6.07) is 0. The van der Waals surface area contributed by atoms with Crippen molar-refractivity contribution in [1.29, 1.82) is 0 Å². The second-order valence-corrected chi connectivity index (χ2v) is 5.66. The lowest BCUT2D eigenvalue weighted by Gasteiger charge is -2.04. The lowest BCUT2D eigenvalue weighted by atomic mass is 10.1. The van der Waals surface area contributed by atoms with Gasteiger partial charge in [0.05, 0.1) is 5.33 Å². The van der Waals surface area contributed by atoms with Gasteiger partial charge in [-0.15, -0.1) is 0 Å². The van der Waals surface area contributed by atoms with Gasteiger partial charge in [-0.05, 0) is 18.3 Å². The molecular formula is C11H23BrINO. The van der Waals surface area contributed by atoms with Crippen LogP contribution in [0.15, 0.2) is 0 Å². The number of hydrogen-bond donors (Lipinski definition) is 1. The van der Waals surface area contributed by atoms with E-state index in [0.29, 0.717) is 11.2 Å². The van der Waals surface area contributed by atoms with E-state index in [4.69, 9.17) is 0 Å². The zero-order valence-corrected chi connectivity index (χ0v) is 13.9.